The van der Waals surface area contributed by atoms with Crippen LogP contribution in [-0.4, -0.2) is 23.3 Å². The zero-order valence-electron chi connectivity index (χ0n) is 18.5. The van der Waals surface area contributed by atoms with Crippen LogP contribution >= 0.6 is 11.6 Å². The maximum atomic E-state index is 13.4. The molecular weight excluding hydrogens is 444 g/mol. The summed E-state index contributed by atoms with van der Waals surface area (Å²) in [4.78, 5) is 29.9. The van der Waals surface area contributed by atoms with E-state index in [1.54, 1.807) is 34.1 Å². The first-order valence-electron chi connectivity index (χ1n) is 11.2. The van der Waals surface area contributed by atoms with E-state index in [-0.39, 0.29) is 18.4 Å². The van der Waals surface area contributed by atoms with Crippen molar-refractivity contribution in [2.24, 2.45) is 0 Å². The Kier molecular flexibility index (Phi) is 6.15. The first kappa shape index (κ1) is 21.9. The molecule has 0 N–H and O–H groups in total. The second kappa shape index (κ2) is 9.54. The molecule has 4 aromatic carbocycles. The van der Waals surface area contributed by atoms with Gasteiger partial charge in [0, 0.05) is 22.8 Å². The average molecular weight is 467 g/mol. The highest BCUT2D eigenvalue weighted by Crippen LogP contribution is 2.29. The summed E-state index contributed by atoms with van der Waals surface area (Å²) in [5, 5.41) is 0.568. The topological polar surface area (TPSA) is 40.6 Å². The van der Waals surface area contributed by atoms with Gasteiger partial charge >= 0.3 is 0 Å². The lowest BCUT2D eigenvalue weighted by atomic mass is 10.0. The van der Waals surface area contributed by atoms with Gasteiger partial charge in [0.15, 0.2) is 0 Å². The fourth-order valence-electron chi connectivity index (χ4n) is 4.26. The number of benzene rings is 4. The Morgan fingerprint density at radius 3 is 2.12 bits per heavy atom. The molecule has 34 heavy (non-hydrogen) atoms. The lowest BCUT2D eigenvalue weighted by Gasteiger charge is -2.23. The largest absolute Gasteiger partial charge is 0.325 e. The lowest BCUT2D eigenvalue weighted by Crippen LogP contribution is -2.39. The van der Waals surface area contributed by atoms with E-state index in [0.717, 1.165) is 27.9 Å². The number of hydrogen-bond donors (Lipinski definition) is 0. The van der Waals surface area contributed by atoms with Crippen molar-refractivity contribution in [3.63, 3.8) is 0 Å². The first-order valence-corrected chi connectivity index (χ1v) is 11.5. The van der Waals surface area contributed by atoms with Gasteiger partial charge in [0.05, 0.1) is 6.54 Å². The molecule has 168 valence electrons. The number of anilines is 1. The monoisotopic (exact) mass is 466 g/mol. The van der Waals surface area contributed by atoms with Crippen LogP contribution in [0.2, 0.25) is 5.02 Å². The van der Waals surface area contributed by atoms with Crippen molar-refractivity contribution in [3.8, 4) is 11.1 Å². The van der Waals surface area contributed by atoms with Crippen LogP contribution in [0.3, 0.4) is 0 Å². The van der Waals surface area contributed by atoms with Crippen LogP contribution in [0.25, 0.3) is 11.1 Å². The number of para-hydroxylation sites is 1. The summed E-state index contributed by atoms with van der Waals surface area (Å²) in [6.07, 6.45) is 0. The van der Waals surface area contributed by atoms with Gasteiger partial charge in [-0.2, -0.15) is 0 Å². The molecule has 1 heterocycles. The molecule has 0 atom stereocenters. The van der Waals surface area contributed by atoms with Gasteiger partial charge in [-0.15, -0.1) is 0 Å². The van der Waals surface area contributed by atoms with Crippen LogP contribution in [0.1, 0.15) is 21.5 Å². The third kappa shape index (κ3) is 4.59. The van der Waals surface area contributed by atoms with Crippen LogP contribution in [0, 0.1) is 0 Å². The molecule has 4 aromatic rings. The molecule has 0 saturated heterocycles. The number of fused-ring (bicyclic) bond motifs is 1. The van der Waals surface area contributed by atoms with Crippen molar-refractivity contribution in [2.75, 3.05) is 11.4 Å². The van der Waals surface area contributed by atoms with E-state index in [1.165, 1.54) is 0 Å². The van der Waals surface area contributed by atoms with Crippen molar-refractivity contribution in [1.82, 2.24) is 4.90 Å². The third-order valence-electron chi connectivity index (χ3n) is 6.05. The van der Waals surface area contributed by atoms with Crippen LogP contribution < -0.4 is 4.90 Å². The molecule has 0 aliphatic carbocycles. The fraction of sp³-hybridized carbons (Fsp3) is 0.103. The Bertz CT molecular complexity index is 1320. The third-order valence-corrected chi connectivity index (χ3v) is 6.30. The molecule has 0 bridgehead atoms. The SMILES string of the molecule is O=C(c1ccc(Cl)cc1)N1CC(=O)N(Cc2ccc(-c3ccccc3)cc2)c2ccccc2C1. The number of halogens is 1. The van der Waals surface area contributed by atoms with E-state index >= 15 is 0 Å². The van der Waals surface area contributed by atoms with Gasteiger partial charge in [0.2, 0.25) is 5.91 Å². The van der Waals surface area contributed by atoms with E-state index in [9.17, 15) is 9.59 Å². The summed E-state index contributed by atoms with van der Waals surface area (Å²) >= 11 is 5.97. The van der Waals surface area contributed by atoms with E-state index in [2.05, 4.69) is 36.4 Å². The van der Waals surface area contributed by atoms with E-state index < -0.39 is 0 Å². The van der Waals surface area contributed by atoms with Crippen molar-refractivity contribution in [1.29, 1.82) is 0 Å². The van der Waals surface area contributed by atoms with Gasteiger partial charge in [-0.05, 0) is 52.6 Å². The van der Waals surface area contributed by atoms with E-state index in [0.29, 0.717) is 23.7 Å². The standard InChI is InChI=1S/C29H23ClN2O2/c30-26-16-14-24(15-17-26)29(34)31-19-25-8-4-5-9-27(25)32(28(33)20-31)18-21-10-12-23(13-11-21)22-6-2-1-3-7-22/h1-17H,18-20H2. The summed E-state index contributed by atoms with van der Waals surface area (Å²) in [7, 11) is 0. The smallest absolute Gasteiger partial charge is 0.254 e. The lowest BCUT2D eigenvalue weighted by molar-refractivity contribution is -0.119. The van der Waals surface area contributed by atoms with Crippen LogP contribution in [0.4, 0.5) is 5.69 Å². The quantitative estimate of drug-likeness (QED) is 0.359. The average Bonchev–Trinajstić information content (AvgIpc) is 3.01. The second-order valence-electron chi connectivity index (χ2n) is 8.34. The second-order valence-corrected chi connectivity index (χ2v) is 8.78. The molecule has 0 fully saturated rings. The molecule has 0 unspecified atom stereocenters. The maximum absolute atomic E-state index is 13.4. The summed E-state index contributed by atoms with van der Waals surface area (Å²) < 4.78 is 0. The highest BCUT2D eigenvalue weighted by molar-refractivity contribution is 6.30. The molecule has 0 saturated carbocycles. The van der Waals surface area contributed by atoms with Crippen molar-refractivity contribution in [2.45, 2.75) is 13.1 Å². The highest BCUT2D eigenvalue weighted by atomic mass is 35.5. The maximum Gasteiger partial charge on any atom is 0.254 e. The van der Waals surface area contributed by atoms with Gasteiger partial charge in [-0.25, -0.2) is 0 Å². The first-order chi connectivity index (χ1) is 16.6. The number of carbonyl (C=O) groups is 2. The molecule has 1 aliphatic rings. The molecular formula is C29H23ClN2O2. The molecule has 0 aromatic heterocycles. The van der Waals surface area contributed by atoms with Gasteiger partial charge in [0.1, 0.15) is 6.54 Å². The Morgan fingerprint density at radius 1 is 0.735 bits per heavy atom. The number of hydrogen-bond acceptors (Lipinski definition) is 2. The van der Waals surface area contributed by atoms with Gasteiger partial charge in [0.25, 0.3) is 5.91 Å². The molecule has 4 nitrogen and oxygen atoms in total. The van der Waals surface area contributed by atoms with Gasteiger partial charge in [-0.3, -0.25) is 9.59 Å². The van der Waals surface area contributed by atoms with Crippen LogP contribution in [0.15, 0.2) is 103 Å². The van der Waals surface area contributed by atoms with Gasteiger partial charge in [-0.1, -0.05) is 84.4 Å². The highest BCUT2D eigenvalue weighted by Gasteiger charge is 2.29. The summed E-state index contributed by atoms with van der Waals surface area (Å²) in [6, 6.07) is 33.0. The minimum Gasteiger partial charge on any atom is -0.325 e. The van der Waals surface area contributed by atoms with E-state index in [1.807, 2.05) is 42.5 Å². The molecule has 5 rings (SSSR count). The predicted molar refractivity (Wildman–Crippen MR) is 136 cm³/mol. The zero-order valence-corrected chi connectivity index (χ0v) is 19.3. The zero-order chi connectivity index (χ0) is 23.5. The molecule has 0 spiro atoms. The predicted octanol–water partition coefficient (Wildman–Crippen LogP) is 6.20. The van der Waals surface area contributed by atoms with Crippen molar-refractivity contribution >= 4 is 29.1 Å². The molecule has 5 heteroatoms. The number of amides is 2. The fourth-order valence-corrected chi connectivity index (χ4v) is 4.39. The van der Waals surface area contributed by atoms with Crippen LogP contribution in [0.5, 0.6) is 0 Å². The summed E-state index contributed by atoms with van der Waals surface area (Å²) in [5.74, 6) is -0.298. The molecule has 0 radical (unpaired) electrons. The Balaban J connectivity index is 1.41. The molecule has 2 amide bonds. The number of rotatable bonds is 4. The molecule has 1 aliphatic heterocycles. The summed E-state index contributed by atoms with van der Waals surface area (Å²) in [6.45, 7) is 0.818. The summed E-state index contributed by atoms with van der Waals surface area (Å²) in [5.41, 5.74) is 5.61. The number of nitrogens with zero attached hydrogens (tertiary/aromatic N) is 2. The van der Waals surface area contributed by atoms with E-state index in [4.69, 9.17) is 11.6 Å². The Labute approximate surface area is 204 Å². The van der Waals surface area contributed by atoms with Crippen molar-refractivity contribution < 1.29 is 9.59 Å². The van der Waals surface area contributed by atoms with Gasteiger partial charge < -0.3 is 9.80 Å². The number of carbonyl (C=O) groups excluding carboxylic acids is 2. The normalized spacial score (nSPS) is 13.4. The minimum atomic E-state index is -0.186. The minimum absolute atomic E-state index is 0.0121. The Morgan fingerprint density at radius 2 is 1.38 bits per heavy atom. The Hall–Kier alpha value is -3.89. The van der Waals surface area contributed by atoms with Crippen molar-refractivity contribution in [3.05, 3.63) is 125 Å². The van der Waals surface area contributed by atoms with Crippen LogP contribution in [-0.2, 0) is 17.9 Å².